The van der Waals surface area contributed by atoms with Crippen LogP contribution in [-0.4, -0.2) is 17.1 Å². The van der Waals surface area contributed by atoms with E-state index >= 15 is 0 Å². The number of phenolic OH excluding ortho intramolecular Hbond substituents is 1. The first kappa shape index (κ1) is 10.0. The fourth-order valence-corrected chi connectivity index (χ4v) is 2.15. The quantitative estimate of drug-likeness (QED) is 0.727. The summed E-state index contributed by atoms with van der Waals surface area (Å²) in [4.78, 5) is 10.9. The molecule has 3 heteroatoms. The smallest absolute Gasteiger partial charge is 0.217 e. The molecule has 80 valence electrons. The number of nitrogens with one attached hydrogen (secondary N) is 1. The van der Waals surface area contributed by atoms with Gasteiger partial charge in [-0.05, 0) is 42.5 Å². The number of phenols is 1. The van der Waals surface area contributed by atoms with Crippen molar-refractivity contribution in [3.63, 3.8) is 0 Å². The molecule has 1 aliphatic rings. The summed E-state index contributed by atoms with van der Waals surface area (Å²) < 4.78 is 0. The Morgan fingerprint density at radius 1 is 1.47 bits per heavy atom. The Morgan fingerprint density at radius 3 is 3.00 bits per heavy atom. The molecule has 2 N–H and O–H groups in total. The summed E-state index contributed by atoms with van der Waals surface area (Å²) >= 11 is 0. The lowest BCUT2D eigenvalue weighted by molar-refractivity contribution is -0.119. The first-order chi connectivity index (χ1) is 7.15. The van der Waals surface area contributed by atoms with E-state index in [1.807, 2.05) is 12.1 Å². The van der Waals surface area contributed by atoms with Gasteiger partial charge in [0, 0.05) is 13.0 Å². The summed E-state index contributed by atoms with van der Waals surface area (Å²) in [6, 6.07) is 5.71. The Balaban J connectivity index is 2.13. The molecule has 1 aromatic rings. The van der Waals surface area contributed by atoms with E-state index in [0.29, 0.717) is 5.75 Å². The molecule has 0 spiro atoms. The van der Waals surface area contributed by atoms with Crippen LogP contribution in [0.1, 0.15) is 24.5 Å². The van der Waals surface area contributed by atoms with Crippen molar-refractivity contribution in [3.05, 3.63) is 29.3 Å². The van der Waals surface area contributed by atoms with Crippen LogP contribution in [-0.2, 0) is 17.6 Å². The second-order valence-electron chi connectivity index (χ2n) is 4.09. The molecule has 0 heterocycles. The van der Waals surface area contributed by atoms with Crippen LogP contribution in [0.15, 0.2) is 18.2 Å². The van der Waals surface area contributed by atoms with Gasteiger partial charge in [0.05, 0.1) is 0 Å². The zero-order valence-corrected chi connectivity index (χ0v) is 8.79. The number of aromatic hydroxyl groups is 1. The minimum atomic E-state index is 0.0298. The normalized spacial score (nSPS) is 19.4. The van der Waals surface area contributed by atoms with E-state index in [0.717, 1.165) is 19.3 Å². The Kier molecular flexibility index (Phi) is 2.62. The third-order valence-electron chi connectivity index (χ3n) is 2.83. The molecule has 1 unspecified atom stereocenters. The van der Waals surface area contributed by atoms with Crippen LogP contribution >= 0.6 is 0 Å². The van der Waals surface area contributed by atoms with E-state index in [1.54, 1.807) is 13.0 Å². The third-order valence-corrected chi connectivity index (χ3v) is 2.83. The highest BCUT2D eigenvalue weighted by Gasteiger charge is 2.19. The van der Waals surface area contributed by atoms with Crippen LogP contribution < -0.4 is 5.32 Å². The molecule has 0 bridgehead atoms. The molecule has 2 rings (SSSR count). The van der Waals surface area contributed by atoms with Crippen molar-refractivity contribution in [2.45, 2.75) is 32.2 Å². The van der Waals surface area contributed by atoms with E-state index in [-0.39, 0.29) is 11.9 Å². The first-order valence-electron chi connectivity index (χ1n) is 5.23. The fraction of sp³-hybridized carbons (Fsp3) is 0.417. The molecule has 0 fully saturated rings. The summed E-state index contributed by atoms with van der Waals surface area (Å²) in [5.41, 5.74) is 2.44. The van der Waals surface area contributed by atoms with E-state index in [1.165, 1.54) is 11.1 Å². The number of amides is 1. The summed E-state index contributed by atoms with van der Waals surface area (Å²) in [5.74, 6) is 0.356. The van der Waals surface area contributed by atoms with Gasteiger partial charge in [-0.2, -0.15) is 0 Å². The Morgan fingerprint density at radius 2 is 2.27 bits per heavy atom. The van der Waals surface area contributed by atoms with Crippen LogP contribution in [0.3, 0.4) is 0 Å². The molecule has 1 aromatic carbocycles. The van der Waals surface area contributed by atoms with E-state index in [4.69, 9.17) is 0 Å². The van der Waals surface area contributed by atoms with E-state index in [2.05, 4.69) is 5.32 Å². The van der Waals surface area contributed by atoms with Crippen LogP contribution in [0.25, 0.3) is 0 Å². The number of fused-ring (bicyclic) bond motifs is 1. The lowest BCUT2D eigenvalue weighted by Crippen LogP contribution is -2.37. The average molecular weight is 205 g/mol. The number of carbonyl (C=O) groups excluding carboxylic acids is 1. The van der Waals surface area contributed by atoms with Gasteiger partial charge in [0.25, 0.3) is 0 Å². The van der Waals surface area contributed by atoms with Gasteiger partial charge >= 0.3 is 0 Å². The summed E-state index contributed by atoms with van der Waals surface area (Å²) in [6.45, 7) is 1.55. The molecular formula is C12H15NO2. The Bertz CT molecular complexity index is 387. The summed E-state index contributed by atoms with van der Waals surface area (Å²) in [5, 5.41) is 12.3. The lowest BCUT2D eigenvalue weighted by Gasteiger charge is -2.25. The van der Waals surface area contributed by atoms with Crippen molar-refractivity contribution in [1.82, 2.24) is 5.32 Å². The van der Waals surface area contributed by atoms with Gasteiger partial charge in [0.15, 0.2) is 0 Å². The second-order valence-corrected chi connectivity index (χ2v) is 4.09. The highest BCUT2D eigenvalue weighted by atomic mass is 16.3. The maximum absolute atomic E-state index is 10.9. The molecule has 1 amide bonds. The van der Waals surface area contributed by atoms with Gasteiger partial charge in [-0.1, -0.05) is 6.07 Å². The topological polar surface area (TPSA) is 49.3 Å². The minimum Gasteiger partial charge on any atom is -0.508 e. The van der Waals surface area contributed by atoms with Crippen molar-refractivity contribution in [1.29, 1.82) is 0 Å². The lowest BCUT2D eigenvalue weighted by atomic mass is 9.88. The zero-order valence-electron chi connectivity index (χ0n) is 8.79. The van der Waals surface area contributed by atoms with Crippen molar-refractivity contribution in [2.75, 3.05) is 0 Å². The number of aryl methyl sites for hydroxylation is 1. The molecule has 0 aromatic heterocycles. The highest BCUT2D eigenvalue weighted by Crippen LogP contribution is 2.24. The van der Waals surface area contributed by atoms with Gasteiger partial charge in [0.2, 0.25) is 5.91 Å². The maximum Gasteiger partial charge on any atom is 0.217 e. The minimum absolute atomic E-state index is 0.0298. The van der Waals surface area contributed by atoms with Crippen LogP contribution in [0, 0.1) is 0 Å². The van der Waals surface area contributed by atoms with Crippen molar-refractivity contribution in [2.24, 2.45) is 0 Å². The first-order valence-corrected chi connectivity index (χ1v) is 5.23. The van der Waals surface area contributed by atoms with E-state index < -0.39 is 0 Å². The second kappa shape index (κ2) is 3.93. The molecule has 3 nitrogen and oxygen atoms in total. The molecule has 0 saturated heterocycles. The SMILES string of the molecule is CC(=O)NC1CCc2cc(O)ccc2C1. The third kappa shape index (κ3) is 2.29. The molecule has 0 aliphatic heterocycles. The Labute approximate surface area is 89.1 Å². The number of hydrogen-bond donors (Lipinski definition) is 2. The summed E-state index contributed by atoms with van der Waals surface area (Å²) in [7, 11) is 0. The van der Waals surface area contributed by atoms with Crippen LogP contribution in [0.5, 0.6) is 5.75 Å². The molecule has 15 heavy (non-hydrogen) atoms. The van der Waals surface area contributed by atoms with Crippen molar-refractivity contribution >= 4 is 5.91 Å². The predicted octanol–water partition coefficient (Wildman–Crippen LogP) is 1.39. The van der Waals surface area contributed by atoms with Crippen molar-refractivity contribution in [3.8, 4) is 5.75 Å². The van der Waals surface area contributed by atoms with Crippen molar-refractivity contribution < 1.29 is 9.90 Å². The standard InChI is InChI=1S/C12H15NO2/c1-8(14)13-11-4-2-10-7-12(15)5-3-9(10)6-11/h3,5,7,11,15H,2,4,6H2,1H3,(H,13,14). The summed E-state index contributed by atoms with van der Waals surface area (Å²) in [6.07, 6.45) is 2.75. The van der Waals surface area contributed by atoms with Gasteiger partial charge in [-0.25, -0.2) is 0 Å². The number of carbonyl (C=O) groups is 1. The highest BCUT2D eigenvalue weighted by molar-refractivity contribution is 5.73. The van der Waals surface area contributed by atoms with Gasteiger partial charge in [0.1, 0.15) is 5.75 Å². The number of rotatable bonds is 1. The van der Waals surface area contributed by atoms with Crippen LogP contribution in [0.4, 0.5) is 0 Å². The van der Waals surface area contributed by atoms with Gasteiger partial charge < -0.3 is 10.4 Å². The molecule has 1 aliphatic carbocycles. The average Bonchev–Trinajstić information content (AvgIpc) is 2.17. The Hall–Kier alpha value is -1.51. The molecule has 0 radical (unpaired) electrons. The number of hydrogen-bond acceptors (Lipinski definition) is 2. The van der Waals surface area contributed by atoms with Gasteiger partial charge in [-0.15, -0.1) is 0 Å². The predicted molar refractivity (Wildman–Crippen MR) is 57.7 cm³/mol. The monoisotopic (exact) mass is 205 g/mol. The van der Waals surface area contributed by atoms with Crippen LogP contribution in [0.2, 0.25) is 0 Å². The zero-order chi connectivity index (χ0) is 10.8. The number of benzene rings is 1. The largest absolute Gasteiger partial charge is 0.508 e. The maximum atomic E-state index is 10.9. The molecule has 0 saturated carbocycles. The van der Waals surface area contributed by atoms with Gasteiger partial charge in [-0.3, -0.25) is 4.79 Å². The fourth-order valence-electron chi connectivity index (χ4n) is 2.15. The molecular weight excluding hydrogens is 190 g/mol. The molecule has 1 atom stereocenters. The van der Waals surface area contributed by atoms with E-state index in [9.17, 15) is 9.90 Å².